The zero-order valence-corrected chi connectivity index (χ0v) is 12.0. The fourth-order valence-corrected chi connectivity index (χ4v) is 2.19. The number of halogens is 1. The first-order chi connectivity index (χ1) is 8.66. The van der Waals surface area contributed by atoms with E-state index in [4.69, 9.17) is 4.74 Å². The normalized spacial score (nSPS) is 11.9. The van der Waals surface area contributed by atoms with E-state index < -0.39 is 6.10 Å². The summed E-state index contributed by atoms with van der Waals surface area (Å²) < 4.78 is 6.39. The van der Waals surface area contributed by atoms with Crippen LogP contribution in [0, 0.1) is 0 Å². The van der Waals surface area contributed by atoms with Crippen molar-refractivity contribution in [2.24, 2.45) is 0 Å². The monoisotopic (exact) mass is 326 g/mol. The number of amides is 1. The van der Waals surface area contributed by atoms with E-state index in [2.05, 4.69) is 26.2 Å². The number of carbonyl (C=O) groups excluding carboxylic acids is 1. The number of para-hydroxylation sites is 1. The molecule has 0 fully saturated rings. The Morgan fingerprint density at radius 3 is 2.94 bits per heavy atom. The standard InChI is InChI=1S/C12H11BrN2O2S/c1-8(11(16)15-12-14-6-7-18-12)17-10-5-3-2-4-9(10)13/h2-8H,1H3,(H,14,15,16). The first-order valence-corrected chi connectivity index (χ1v) is 6.95. The molecule has 4 nitrogen and oxygen atoms in total. The van der Waals surface area contributed by atoms with Crippen LogP contribution in [0.5, 0.6) is 5.75 Å². The number of nitrogens with zero attached hydrogens (tertiary/aromatic N) is 1. The SMILES string of the molecule is CC(Oc1ccccc1Br)C(=O)Nc1nccs1. The molecule has 2 rings (SSSR count). The van der Waals surface area contributed by atoms with Crippen molar-refractivity contribution in [3.63, 3.8) is 0 Å². The molecule has 1 atom stereocenters. The Labute approximate surface area is 117 Å². The average molecular weight is 327 g/mol. The molecule has 1 N–H and O–H groups in total. The Bertz CT molecular complexity index is 531. The topological polar surface area (TPSA) is 51.2 Å². The van der Waals surface area contributed by atoms with Gasteiger partial charge >= 0.3 is 0 Å². The number of hydrogen-bond donors (Lipinski definition) is 1. The molecule has 18 heavy (non-hydrogen) atoms. The highest BCUT2D eigenvalue weighted by atomic mass is 79.9. The minimum atomic E-state index is -0.590. The van der Waals surface area contributed by atoms with E-state index in [0.717, 1.165) is 4.47 Å². The number of nitrogens with one attached hydrogen (secondary N) is 1. The summed E-state index contributed by atoms with van der Waals surface area (Å²) in [6.07, 6.45) is 1.05. The zero-order valence-electron chi connectivity index (χ0n) is 9.59. The van der Waals surface area contributed by atoms with Crippen molar-refractivity contribution in [3.8, 4) is 5.75 Å². The van der Waals surface area contributed by atoms with Gasteiger partial charge in [-0.2, -0.15) is 0 Å². The first-order valence-electron chi connectivity index (χ1n) is 5.28. The molecule has 1 aromatic carbocycles. The number of hydrogen-bond acceptors (Lipinski definition) is 4. The van der Waals surface area contributed by atoms with Crippen LogP contribution >= 0.6 is 27.3 Å². The molecule has 0 bridgehead atoms. The van der Waals surface area contributed by atoms with E-state index in [1.165, 1.54) is 11.3 Å². The van der Waals surface area contributed by atoms with Crippen LogP contribution in [-0.4, -0.2) is 17.0 Å². The first kappa shape index (κ1) is 13.0. The molecule has 1 amide bonds. The number of rotatable bonds is 4. The van der Waals surface area contributed by atoms with Crippen molar-refractivity contribution in [1.29, 1.82) is 0 Å². The molecule has 1 heterocycles. The smallest absolute Gasteiger partial charge is 0.266 e. The van der Waals surface area contributed by atoms with Gasteiger partial charge in [0, 0.05) is 11.6 Å². The molecule has 0 saturated carbocycles. The fourth-order valence-electron chi connectivity index (χ4n) is 1.28. The average Bonchev–Trinajstić information content (AvgIpc) is 2.84. The van der Waals surface area contributed by atoms with Gasteiger partial charge in [-0.3, -0.25) is 10.1 Å². The minimum absolute atomic E-state index is 0.222. The van der Waals surface area contributed by atoms with Crippen LogP contribution in [0.25, 0.3) is 0 Å². The molecule has 94 valence electrons. The van der Waals surface area contributed by atoms with Crippen molar-refractivity contribution in [2.45, 2.75) is 13.0 Å². The van der Waals surface area contributed by atoms with E-state index in [0.29, 0.717) is 10.9 Å². The molecule has 1 aromatic heterocycles. The molecule has 6 heteroatoms. The Morgan fingerprint density at radius 1 is 1.50 bits per heavy atom. The zero-order chi connectivity index (χ0) is 13.0. The van der Waals surface area contributed by atoms with Crippen molar-refractivity contribution in [3.05, 3.63) is 40.3 Å². The molecule has 0 radical (unpaired) electrons. The Balaban J connectivity index is 1.97. The second kappa shape index (κ2) is 5.97. The number of benzene rings is 1. The molecule has 0 aliphatic carbocycles. The lowest BCUT2D eigenvalue weighted by atomic mass is 10.3. The second-order valence-electron chi connectivity index (χ2n) is 3.52. The van der Waals surface area contributed by atoms with Crippen LogP contribution in [0.4, 0.5) is 5.13 Å². The lowest BCUT2D eigenvalue weighted by Crippen LogP contribution is -2.30. The van der Waals surface area contributed by atoms with Gasteiger partial charge in [-0.15, -0.1) is 11.3 Å². The van der Waals surface area contributed by atoms with Crippen LogP contribution in [0.1, 0.15) is 6.92 Å². The number of ether oxygens (including phenoxy) is 1. The van der Waals surface area contributed by atoms with Crippen molar-refractivity contribution in [1.82, 2.24) is 4.98 Å². The van der Waals surface area contributed by atoms with Gasteiger partial charge in [-0.1, -0.05) is 12.1 Å². The maximum atomic E-state index is 11.8. The summed E-state index contributed by atoms with van der Waals surface area (Å²) in [5.41, 5.74) is 0. The van der Waals surface area contributed by atoms with Crippen molar-refractivity contribution < 1.29 is 9.53 Å². The molecular weight excluding hydrogens is 316 g/mol. The van der Waals surface area contributed by atoms with E-state index in [1.54, 1.807) is 24.6 Å². The summed E-state index contributed by atoms with van der Waals surface area (Å²) in [6.45, 7) is 1.70. The summed E-state index contributed by atoms with van der Waals surface area (Å²) in [5.74, 6) is 0.417. The van der Waals surface area contributed by atoms with E-state index in [-0.39, 0.29) is 5.91 Å². The lowest BCUT2D eigenvalue weighted by Gasteiger charge is -2.14. The van der Waals surface area contributed by atoms with Crippen LogP contribution in [0.2, 0.25) is 0 Å². The van der Waals surface area contributed by atoms with Gasteiger partial charge in [-0.05, 0) is 35.0 Å². The number of carbonyl (C=O) groups is 1. The van der Waals surface area contributed by atoms with E-state index in [9.17, 15) is 4.79 Å². The number of thiazole rings is 1. The highest BCUT2D eigenvalue weighted by molar-refractivity contribution is 9.10. The quantitative estimate of drug-likeness (QED) is 0.937. The lowest BCUT2D eigenvalue weighted by molar-refractivity contribution is -0.122. The van der Waals surface area contributed by atoms with Gasteiger partial charge < -0.3 is 4.74 Å². The maximum Gasteiger partial charge on any atom is 0.266 e. The van der Waals surface area contributed by atoms with Crippen LogP contribution in [0.15, 0.2) is 40.3 Å². The van der Waals surface area contributed by atoms with Crippen molar-refractivity contribution in [2.75, 3.05) is 5.32 Å². The summed E-state index contributed by atoms with van der Waals surface area (Å²) in [5, 5.41) is 5.06. The predicted octanol–water partition coefficient (Wildman–Crippen LogP) is 3.31. The summed E-state index contributed by atoms with van der Waals surface area (Å²) in [7, 11) is 0. The highest BCUT2D eigenvalue weighted by Crippen LogP contribution is 2.25. The molecular formula is C12H11BrN2O2S. The third kappa shape index (κ3) is 3.30. The van der Waals surface area contributed by atoms with Crippen LogP contribution in [0.3, 0.4) is 0 Å². The molecule has 0 aliphatic rings. The minimum Gasteiger partial charge on any atom is -0.480 e. The molecule has 0 spiro atoms. The fraction of sp³-hybridized carbons (Fsp3) is 0.167. The van der Waals surface area contributed by atoms with Crippen LogP contribution in [-0.2, 0) is 4.79 Å². The third-order valence-corrected chi connectivity index (χ3v) is 3.52. The predicted molar refractivity (Wildman–Crippen MR) is 75.0 cm³/mol. The molecule has 2 aromatic rings. The summed E-state index contributed by atoms with van der Waals surface area (Å²) in [6, 6.07) is 7.40. The van der Waals surface area contributed by atoms with Gasteiger partial charge in [-0.25, -0.2) is 4.98 Å². The van der Waals surface area contributed by atoms with E-state index >= 15 is 0 Å². The molecule has 0 aliphatic heterocycles. The Hall–Kier alpha value is -1.40. The number of aromatic nitrogens is 1. The van der Waals surface area contributed by atoms with Gasteiger partial charge in [0.1, 0.15) is 5.75 Å². The largest absolute Gasteiger partial charge is 0.480 e. The number of anilines is 1. The molecule has 0 saturated heterocycles. The Kier molecular flexibility index (Phi) is 4.33. The van der Waals surface area contributed by atoms with Crippen molar-refractivity contribution >= 4 is 38.3 Å². The van der Waals surface area contributed by atoms with E-state index in [1.807, 2.05) is 18.2 Å². The van der Waals surface area contributed by atoms with Gasteiger partial charge in [0.25, 0.3) is 5.91 Å². The second-order valence-corrected chi connectivity index (χ2v) is 5.27. The Morgan fingerprint density at radius 2 is 2.28 bits per heavy atom. The van der Waals surface area contributed by atoms with Crippen LogP contribution < -0.4 is 10.1 Å². The van der Waals surface area contributed by atoms with Gasteiger partial charge in [0.05, 0.1) is 4.47 Å². The maximum absolute atomic E-state index is 11.8. The highest BCUT2D eigenvalue weighted by Gasteiger charge is 2.16. The summed E-state index contributed by atoms with van der Waals surface area (Å²) >= 11 is 4.74. The van der Waals surface area contributed by atoms with Gasteiger partial charge in [0.2, 0.25) is 0 Å². The third-order valence-electron chi connectivity index (χ3n) is 2.17. The van der Waals surface area contributed by atoms with Gasteiger partial charge in [0.15, 0.2) is 11.2 Å². The molecule has 1 unspecified atom stereocenters. The summed E-state index contributed by atoms with van der Waals surface area (Å²) in [4.78, 5) is 15.8.